The molecule has 1 aliphatic rings. The fourth-order valence-electron chi connectivity index (χ4n) is 3.06. The summed E-state index contributed by atoms with van der Waals surface area (Å²) in [4.78, 5) is 0. The molecule has 3 atom stereocenters. The van der Waals surface area contributed by atoms with Crippen LogP contribution < -0.4 is 0 Å². The molecule has 0 heterocycles. The molecular formula is C12H25B. The van der Waals surface area contributed by atoms with Gasteiger partial charge in [-0.3, -0.25) is 0 Å². The van der Waals surface area contributed by atoms with Crippen molar-refractivity contribution >= 4 is 7.28 Å². The molecule has 0 N–H and O–H groups in total. The standard InChI is InChI=1S/C12H25B/c1-6-10-7-9(2)11(8-10)12(3,4)13-5/h9-11,13H,6-8H2,1-5H3. The van der Waals surface area contributed by atoms with Crippen LogP contribution in [0, 0.1) is 17.8 Å². The molecule has 0 bridgehead atoms. The highest BCUT2D eigenvalue weighted by Gasteiger charge is 2.39. The smallest absolute Gasteiger partial charge is 0.0889 e. The summed E-state index contributed by atoms with van der Waals surface area (Å²) in [5, 5.41) is 0.573. The van der Waals surface area contributed by atoms with Crippen LogP contribution in [0.3, 0.4) is 0 Å². The molecule has 0 nitrogen and oxygen atoms in total. The summed E-state index contributed by atoms with van der Waals surface area (Å²) in [5.74, 6) is 2.95. The van der Waals surface area contributed by atoms with Crippen LogP contribution in [0.2, 0.25) is 12.1 Å². The Balaban J connectivity index is 2.61. The summed E-state index contributed by atoms with van der Waals surface area (Å²) >= 11 is 0. The number of hydrogen-bond donors (Lipinski definition) is 0. The van der Waals surface area contributed by atoms with Crippen molar-refractivity contribution in [2.75, 3.05) is 0 Å². The maximum absolute atomic E-state index is 2.46. The summed E-state index contributed by atoms with van der Waals surface area (Å²) in [6, 6.07) is 0. The molecule has 0 spiro atoms. The minimum Gasteiger partial charge on any atom is -0.0889 e. The van der Waals surface area contributed by atoms with Gasteiger partial charge < -0.3 is 0 Å². The Morgan fingerprint density at radius 1 is 1.31 bits per heavy atom. The van der Waals surface area contributed by atoms with Crippen LogP contribution in [0.15, 0.2) is 0 Å². The Labute approximate surface area is 84.7 Å². The monoisotopic (exact) mass is 180 g/mol. The maximum atomic E-state index is 2.46. The summed E-state index contributed by atoms with van der Waals surface area (Å²) < 4.78 is 0. The van der Waals surface area contributed by atoms with Gasteiger partial charge in [0.05, 0.1) is 0 Å². The summed E-state index contributed by atoms with van der Waals surface area (Å²) in [5.41, 5.74) is 0. The minimum absolute atomic E-state index is 0.573. The van der Waals surface area contributed by atoms with Crippen molar-refractivity contribution in [2.24, 2.45) is 17.8 Å². The zero-order chi connectivity index (χ0) is 10.1. The lowest BCUT2D eigenvalue weighted by Gasteiger charge is -2.33. The largest absolute Gasteiger partial charge is 0.124 e. The van der Waals surface area contributed by atoms with Gasteiger partial charge in [0.1, 0.15) is 7.28 Å². The molecule has 3 unspecified atom stereocenters. The van der Waals surface area contributed by atoms with Crippen LogP contribution in [0.1, 0.15) is 47.0 Å². The third-order valence-electron chi connectivity index (χ3n) is 4.47. The first-order valence-electron chi connectivity index (χ1n) is 6.01. The van der Waals surface area contributed by atoms with Crippen LogP contribution in [0.25, 0.3) is 0 Å². The van der Waals surface area contributed by atoms with Crippen molar-refractivity contribution in [2.45, 2.75) is 59.1 Å². The third-order valence-corrected chi connectivity index (χ3v) is 4.47. The van der Waals surface area contributed by atoms with Crippen LogP contribution in [-0.4, -0.2) is 7.28 Å². The SMILES string of the molecule is CBC(C)(C)C1CC(CC)CC1C. The van der Waals surface area contributed by atoms with Gasteiger partial charge in [-0.15, -0.1) is 0 Å². The second kappa shape index (κ2) is 4.06. The Morgan fingerprint density at radius 3 is 2.31 bits per heavy atom. The van der Waals surface area contributed by atoms with E-state index in [0.29, 0.717) is 5.31 Å². The van der Waals surface area contributed by atoms with Crippen LogP contribution in [0.4, 0.5) is 0 Å². The highest BCUT2D eigenvalue weighted by Crippen LogP contribution is 2.50. The van der Waals surface area contributed by atoms with Gasteiger partial charge in [-0.1, -0.05) is 46.3 Å². The third kappa shape index (κ3) is 2.30. The van der Waals surface area contributed by atoms with Gasteiger partial charge in [0.15, 0.2) is 0 Å². The van der Waals surface area contributed by atoms with Crippen molar-refractivity contribution in [3.05, 3.63) is 0 Å². The average Bonchev–Trinajstić information content (AvgIpc) is 2.47. The minimum atomic E-state index is 0.573. The molecule has 0 aromatic carbocycles. The first kappa shape index (κ1) is 11.1. The summed E-state index contributed by atoms with van der Waals surface area (Å²) in [6.07, 6.45) is 4.35. The molecule has 1 heteroatoms. The predicted octanol–water partition coefficient (Wildman–Crippen LogP) is 3.74. The van der Waals surface area contributed by atoms with E-state index < -0.39 is 0 Å². The van der Waals surface area contributed by atoms with Gasteiger partial charge in [0, 0.05) is 0 Å². The molecule has 1 aliphatic carbocycles. The van der Waals surface area contributed by atoms with Crippen LogP contribution >= 0.6 is 0 Å². The highest BCUT2D eigenvalue weighted by molar-refractivity contribution is 6.38. The number of rotatable bonds is 3. The molecule has 76 valence electrons. The Hall–Kier alpha value is 0.0649. The van der Waals surface area contributed by atoms with E-state index in [1.807, 2.05) is 0 Å². The maximum Gasteiger partial charge on any atom is 0.124 e. The van der Waals surface area contributed by atoms with Gasteiger partial charge in [0.2, 0.25) is 0 Å². The molecule has 1 rings (SSSR count). The molecule has 1 saturated carbocycles. The second-order valence-corrected chi connectivity index (χ2v) is 5.67. The van der Waals surface area contributed by atoms with E-state index in [2.05, 4.69) is 34.5 Å². The summed E-state index contributed by atoms with van der Waals surface area (Å²) in [7, 11) is 1.33. The molecule has 1 fully saturated rings. The zero-order valence-corrected chi connectivity index (χ0v) is 10.1. The van der Waals surface area contributed by atoms with Gasteiger partial charge in [-0.25, -0.2) is 0 Å². The lowest BCUT2D eigenvalue weighted by molar-refractivity contribution is 0.325. The Bertz CT molecular complexity index is 163. The fraction of sp³-hybridized carbons (Fsp3) is 1.00. The van der Waals surface area contributed by atoms with E-state index in [0.717, 1.165) is 17.8 Å². The van der Waals surface area contributed by atoms with Crippen LogP contribution in [-0.2, 0) is 0 Å². The lowest BCUT2D eigenvalue weighted by atomic mass is 9.49. The normalized spacial score (nSPS) is 35.0. The van der Waals surface area contributed by atoms with Crippen molar-refractivity contribution in [1.29, 1.82) is 0 Å². The summed E-state index contributed by atoms with van der Waals surface area (Å²) in [6.45, 7) is 12.0. The Morgan fingerprint density at radius 2 is 1.92 bits per heavy atom. The van der Waals surface area contributed by atoms with E-state index in [1.165, 1.54) is 26.5 Å². The average molecular weight is 180 g/mol. The number of hydrogen-bond acceptors (Lipinski definition) is 0. The van der Waals surface area contributed by atoms with Gasteiger partial charge in [0.25, 0.3) is 0 Å². The predicted molar refractivity (Wildman–Crippen MR) is 62.7 cm³/mol. The molecule has 0 saturated heterocycles. The van der Waals surface area contributed by atoms with Gasteiger partial charge >= 0.3 is 0 Å². The first-order valence-corrected chi connectivity index (χ1v) is 6.01. The van der Waals surface area contributed by atoms with Gasteiger partial charge in [-0.2, -0.15) is 0 Å². The molecular weight excluding hydrogens is 155 g/mol. The zero-order valence-electron chi connectivity index (χ0n) is 10.1. The Kier molecular flexibility index (Phi) is 3.48. The van der Waals surface area contributed by atoms with E-state index in [1.54, 1.807) is 0 Å². The molecule has 0 aromatic heterocycles. The molecule has 0 amide bonds. The van der Waals surface area contributed by atoms with Crippen molar-refractivity contribution in [3.63, 3.8) is 0 Å². The van der Waals surface area contributed by atoms with Crippen LogP contribution in [0.5, 0.6) is 0 Å². The van der Waals surface area contributed by atoms with E-state index in [-0.39, 0.29) is 0 Å². The molecule has 0 aliphatic heterocycles. The first-order chi connectivity index (χ1) is 6.01. The van der Waals surface area contributed by atoms with E-state index >= 15 is 0 Å². The second-order valence-electron chi connectivity index (χ2n) is 5.67. The molecule has 0 radical (unpaired) electrons. The van der Waals surface area contributed by atoms with Crippen molar-refractivity contribution in [1.82, 2.24) is 0 Å². The topological polar surface area (TPSA) is 0 Å². The van der Waals surface area contributed by atoms with E-state index in [4.69, 9.17) is 0 Å². The highest BCUT2D eigenvalue weighted by atomic mass is 14.4. The lowest BCUT2D eigenvalue weighted by Crippen LogP contribution is -2.24. The van der Waals surface area contributed by atoms with Crippen molar-refractivity contribution in [3.8, 4) is 0 Å². The quantitative estimate of drug-likeness (QED) is 0.580. The van der Waals surface area contributed by atoms with Crippen molar-refractivity contribution < 1.29 is 0 Å². The molecule has 13 heavy (non-hydrogen) atoms. The molecule has 0 aromatic rings. The fourth-order valence-corrected chi connectivity index (χ4v) is 3.06. The van der Waals surface area contributed by atoms with Gasteiger partial charge in [-0.05, 0) is 30.6 Å². The van der Waals surface area contributed by atoms with E-state index in [9.17, 15) is 0 Å².